The van der Waals surface area contributed by atoms with Crippen LogP contribution in [0.15, 0.2) is 205 Å². The zero-order valence-corrected chi connectivity index (χ0v) is 34.5. The molecular weight excluding hydrogens is 777 g/mol. The zero-order valence-electron chi connectivity index (χ0n) is 32.8. The Hall–Kier alpha value is -7.24. The largest absolute Gasteiger partial charge is 0.301 e. The van der Waals surface area contributed by atoms with Gasteiger partial charge in [0.1, 0.15) is 0 Å². The van der Waals surface area contributed by atoms with E-state index >= 15 is 0 Å². The van der Waals surface area contributed by atoms with Crippen LogP contribution >= 0.6 is 22.7 Å². The van der Waals surface area contributed by atoms with Crippen LogP contribution in [0.4, 0.5) is 0 Å². The molecule has 0 amide bonds. The molecule has 0 saturated carbocycles. The molecule has 8 aromatic carbocycles. The molecule has 284 valence electrons. The first kappa shape index (κ1) is 33.6. The lowest BCUT2D eigenvalue weighted by atomic mass is 9.70. The average Bonchev–Trinajstić information content (AvgIpc) is 4.19. The van der Waals surface area contributed by atoms with E-state index in [1.54, 1.807) is 22.7 Å². The van der Waals surface area contributed by atoms with Crippen LogP contribution in [0, 0.1) is 0 Å². The molecule has 2 aliphatic carbocycles. The monoisotopic (exact) mass is 810 g/mol. The third kappa shape index (κ3) is 4.45. The van der Waals surface area contributed by atoms with Gasteiger partial charge in [0.25, 0.3) is 0 Å². The van der Waals surface area contributed by atoms with E-state index in [0.717, 1.165) is 0 Å². The third-order valence-electron chi connectivity index (χ3n) is 13.6. The van der Waals surface area contributed by atoms with Crippen LogP contribution in [0.1, 0.15) is 22.3 Å². The van der Waals surface area contributed by atoms with Gasteiger partial charge in [0.15, 0.2) is 0 Å². The van der Waals surface area contributed by atoms with E-state index in [2.05, 4.69) is 214 Å². The number of aromatic nitrogens is 2. The molecule has 4 heterocycles. The van der Waals surface area contributed by atoms with Gasteiger partial charge in [-0.3, -0.25) is 0 Å². The van der Waals surface area contributed by atoms with Gasteiger partial charge in [0.05, 0.1) is 37.5 Å². The van der Waals surface area contributed by atoms with E-state index < -0.39 is 5.41 Å². The lowest BCUT2D eigenvalue weighted by Gasteiger charge is -2.31. The van der Waals surface area contributed by atoms with Gasteiger partial charge in [0.2, 0.25) is 0 Å². The maximum absolute atomic E-state index is 2.51. The molecule has 12 aromatic rings. The summed E-state index contributed by atoms with van der Waals surface area (Å²) in [5, 5.41) is 11.9. The summed E-state index contributed by atoms with van der Waals surface area (Å²) in [6, 6.07) is 73.2. The Bertz CT molecular complexity index is 3520. The molecule has 4 aromatic heterocycles. The van der Waals surface area contributed by atoms with Crippen molar-refractivity contribution in [3.63, 3.8) is 0 Å². The smallest absolute Gasteiger partial charge is 0.0999 e. The maximum Gasteiger partial charge on any atom is 0.0999 e. The van der Waals surface area contributed by atoms with Crippen molar-refractivity contribution in [3.05, 3.63) is 227 Å². The summed E-state index contributed by atoms with van der Waals surface area (Å²) >= 11 is 3.56. The van der Waals surface area contributed by atoms with Crippen LogP contribution < -0.4 is 0 Å². The lowest BCUT2D eigenvalue weighted by molar-refractivity contribution is 0.794. The summed E-state index contributed by atoms with van der Waals surface area (Å²) in [7, 11) is 0. The summed E-state index contributed by atoms with van der Waals surface area (Å²) in [5.41, 5.74) is 20.1. The minimum Gasteiger partial charge on any atom is -0.301 e. The van der Waals surface area contributed by atoms with E-state index in [0.29, 0.717) is 0 Å². The molecule has 0 bridgehead atoms. The highest BCUT2D eigenvalue weighted by molar-refractivity contribution is 7.12. The van der Waals surface area contributed by atoms with Gasteiger partial charge in [-0.25, -0.2) is 0 Å². The first-order chi connectivity index (χ1) is 30.3. The van der Waals surface area contributed by atoms with E-state index in [9.17, 15) is 0 Å². The third-order valence-corrected chi connectivity index (χ3v) is 15.3. The molecule has 61 heavy (non-hydrogen) atoms. The van der Waals surface area contributed by atoms with Crippen LogP contribution in [-0.2, 0) is 5.41 Å². The highest BCUT2D eigenvalue weighted by Gasteiger charge is 2.51. The maximum atomic E-state index is 2.51. The summed E-state index contributed by atoms with van der Waals surface area (Å²) in [5.74, 6) is 0. The van der Waals surface area contributed by atoms with E-state index in [1.807, 2.05) is 0 Å². The summed E-state index contributed by atoms with van der Waals surface area (Å²) in [4.78, 5) is 0. The van der Waals surface area contributed by atoms with Gasteiger partial charge >= 0.3 is 0 Å². The van der Waals surface area contributed by atoms with E-state index in [4.69, 9.17) is 0 Å². The molecule has 0 saturated heterocycles. The van der Waals surface area contributed by atoms with Gasteiger partial charge in [-0.05, 0) is 150 Å². The Balaban J connectivity index is 0.988. The van der Waals surface area contributed by atoms with Gasteiger partial charge < -0.3 is 9.13 Å². The van der Waals surface area contributed by atoms with Crippen molar-refractivity contribution in [3.8, 4) is 54.5 Å². The van der Waals surface area contributed by atoms with E-state index in [1.165, 1.54) is 120 Å². The highest BCUT2D eigenvalue weighted by atomic mass is 32.1. The number of rotatable bonds is 4. The quantitative estimate of drug-likeness (QED) is 0.168. The van der Waals surface area contributed by atoms with Gasteiger partial charge in [-0.2, -0.15) is 0 Å². The average molecular weight is 811 g/mol. The molecule has 4 heteroatoms. The normalized spacial score (nSPS) is 13.4. The highest BCUT2D eigenvalue weighted by Crippen LogP contribution is 2.63. The van der Waals surface area contributed by atoms with Crippen molar-refractivity contribution in [2.75, 3.05) is 0 Å². The standard InChI is InChI=1S/C57H34N2S2/c1-5-15-47-39(11-1)40-12-2-6-16-48(40)57(47)49-33-37(35-23-27-53-45(31-35)43-13-3-7-17-51(43)58(53)55-19-9-29-60-55)21-25-41(49)42-26-22-38(34-50(42)57)36-24-28-54-46(32-36)44-14-4-8-18-52(44)59(54)56-20-10-30-61-56/h1-34H. The molecule has 0 N–H and O–H groups in total. The Morgan fingerprint density at radius 2 is 0.689 bits per heavy atom. The second kappa shape index (κ2) is 12.4. The molecule has 2 aliphatic rings. The van der Waals surface area contributed by atoms with Crippen LogP contribution in [0.25, 0.3) is 98.1 Å². The first-order valence-corrected chi connectivity index (χ1v) is 22.7. The predicted molar refractivity (Wildman–Crippen MR) is 258 cm³/mol. The predicted octanol–water partition coefficient (Wildman–Crippen LogP) is 15.7. The SMILES string of the molecule is c1csc(-n2c3ccccc3c3cc(-c4ccc5c(c4)C4(c6ccccc6-c6ccccc64)c4cc(-c6ccc7c(c6)c6ccccc6n7-c6cccs6)ccc4-5)ccc32)c1. The number of hydrogen-bond donors (Lipinski definition) is 0. The number of para-hydroxylation sites is 2. The van der Waals surface area contributed by atoms with Crippen LogP contribution in [-0.4, -0.2) is 9.13 Å². The van der Waals surface area contributed by atoms with Crippen molar-refractivity contribution in [1.82, 2.24) is 9.13 Å². The van der Waals surface area contributed by atoms with Crippen molar-refractivity contribution < 1.29 is 0 Å². The van der Waals surface area contributed by atoms with Gasteiger partial charge in [-0.15, -0.1) is 22.7 Å². The lowest BCUT2D eigenvalue weighted by Crippen LogP contribution is -2.26. The van der Waals surface area contributed by atoms with E-state index in [-0.39, 0.29) is 0 Å². The molecule has 0 aliphatic heterocycles. The van der Waals surface area contributed by atoms with Gasteiger partial charge in [-0.1, -0.05) is 121 Å². The summed E-state index contributed by atoms with van der Waals surface area (Å²) < 4.78 is 4.83. The number of benzene rings is 8. The Morgan fingerprint density at radius 1 is 0.295 bits per heavy atom. The van der Waals surface area contributed by atoms with Gasteiger partial charge in [0, 0.05) is 21.5 Å². The molecule has 2 nitrogen and oxygen atoms in total. The Morgan fingerprint density at radius 3 is 1.16 bits per heavy atom. The fraction of sp³-hybridized carbons (Fsp3) is 0.0175. The Kier molecular flexibility index (Phi) is 6.83. The Labute approximate surface area is 360 Å². The number of hydrogen-bond acceptors (Lipinski definition) is 2. The molecule has 1 spiro atoms. The number of nitrogens with zero attached hydrogens (tertiary/aromatic N) is 2. The fourth-order valence-corrected chi connectivity index (χ4v) is 12.6. The van der Waals surface area contributed by atoms with Crippen LogP contribution in [0.5, 0.6) is 0 Å². The number of thiophene rings is 2. The zero-order chi connectivity index (χ0) is 39.8. The minimum atomic E-state index is -0.470. The number of fused-ring (bicyclic) bond motifs is 16. The fourth-order valence-electron chi connectivity index (χ4n) is 11.1. The van der Waals surface area contributed by atoms with Crippen molar-refractivity contribution >= 4 is 66.3 Å². The second-order valence-electron chi connectivity index (χ2n) is 16.4. The van der Waals surface area contributed by atoms with Crippen molar-refractivity contribution in [2.24, 2.45) is 0 Å². The summed E-state index contributed by atoms with van der Waals surface area (Å²) in [6.07, 6.45) is 0. The summed E-state index contributed by atoms with van der Waals surface area (Å²) in [6.45, 7) is 0. The van der Waals surface area contributed by atoms with Crippen LogP contribution in [0.2, 0.25) is 0 Å². The van der Waals surface area contributed by atoms with Crippen molar-refractivity contribution in [1.29, 1.82) is 0 Å². The van der Waals surface area contributed by atoms with Crippen LogP contribution in [0.3, 0.4) is 0 Å². The second-order valence-corrected chi connectivity index (χ2v) is 18.3. The first-order valence-electron chi connectivity index (χ1n) is 20.9. The topological polar surface area (TPSA) is 9.86 Å². The molecule has 0 radical (unpaired) electrons. The van der Waals surface area contributed by atoms with Crippen molar-refractivity contribution in [2.45, 2.75) is 5.41 Å². The molecule has 0 fully saturated rings. The molecule has 14 rings (SSSR count). The molecular formula is C57H34N2S2. The molecule has 0 atom stereocenters. The minimum absolute atomic E-state index is 0.470. The molecule has 0 unspecified atom stereocenters.